The predicted molar refractivity (Wildman–Crippen MR) is 81.1 cm³/mol. The third kappa shape index (κ3) is 3.39. The highest BCUT2D eigenvalue weighted by Gasteiger charge is 2.09. The second-order valence-electron chi connectivity index (χ2n) is 5.01. The first-order valence-electron chi connectivity index (χ1n) is 6.92. The number of rotatable bonds is 5. The number of anilines is 1. The van der Waals surface area contributed by atoms with Crippen LogP contribution in [0, 0.1) is 5.82 Å². The van der Waals surface area contributed by atoms with E-state index in [2.05, 4.69) is 15.0 Å². The third-order valence-corrected chi connectivity index (χ3v) is 3.42. The second-order valence-corrected chi connectivity index (χ2v) is 5.01. The molecule has 0 bridgehead atoms. The van der Waals surface area contributed by atoms with E-state index in [4.69, 9.17) is 0 Å². The van der Waals surface area contributed by atoms with Crippen molar-refractivity contribution in [2.45, 2.75) is 13.2 Å². The highest BCUT2D eigenvalue weighted by Crippen LogP contribution is 2.21. The number of hydrogen-bond donors (Lipinski definition) is 1. The molecule has 1 N–H and O–H groups in total. The van der Waals surface area contributed by atoms with Crippen LogP contribution in [0.3, 0.4) is 0 Å². The van der Waals surface area contributed by atoms with Crippen LogP contribution in [0.2, 0.25) is 0 Å². The van der Waals surface area contributed by atoms with E-state index in [1.54, 1.807) is 29.8 Å². The van der Waals surface area contributed by atoms with Gasteiger partial charge in [-0.15, -0.1) is 0 Å². The number of halogens is 3. The zero-order valence-electron chi connectivity index (χ0n) is 12.3. The summed E-state index contributed by atoms with van der Waals surface area (Å²) >= 11 is 0. The van der Waals surface area contributed by atoms with Gasteiger partial charge < -0.3 is 14.6 Å². The molecule has 23 heavy (non-hydrogen) atoms. The van der Waals surface area contributed by atoms with Crippen molar-refractivity contribution in [2.75, 3.05) is 5.32 Å². The lowest BCUT2D eigenvalue weighted by Crippen LogP contribution is -2.06. The van der Waals surface area contributed by atoms with Crippen molar-refractivity contribution in [2.24, 2.45) is 7.05 Å². The Morgan fingerprint density at radius 3 is 2.83 bits per heavy atom. The molecule has 0 atom stereocenters. The second kappa shape index (κ2) is 6.20. The Balaban J connectivity index is 1.77. The number of nitrogens with zero attached hydrogens (tertiary/aromatic N) is 2. The van der Waals surface area contributed by atoms with E-state index in [0.717, 1.165) is 5.56 Å². The van der Waals surface area contributed by atoms with Crippen LogP contribution >= 0.6 is 0 Å². The van der Waals surface area contributed by atoms with Crippen molar-refractivity contribution >= 4 is 17.0 Å². The Hall–Kier alpha value is -2.70. The number of hydrogen-bond acceptors (Lipinski definition) is 3. The van der Waals surface area contributed by atoms with Gasteiger partial charge in [0.05, 0.1) is 11.0 Å². The van der Waals surface area contributed by atoms with Crippen LogP contribution in [-0.2, 0) is 13.6 Å². The molecule has 1 aromatic heterocycles. The van der Waals surface area contributed by atoms with E-state index < -0.39 is 6.61 Å². The number of alkyl halides is 2. The molecule has 7 heteroatoms. The van der Waals surface area contributed by atoms with Gasteiger partial charge in [-0.1, -0.05) is 12.1 Å². The van der Waals surface area contributed by atoms with Gasteiger partial charge in [-0.3, -0.25) is 0 Å². The van der Waals surface area contributed by atoms with E-state index in [-0.39, 0.29) is 11.6 Å². The minimum atomic E-state index is -2.85. The Morgan fingerprint density at radius 1 is 1.22 bits per heavy atom. The molecule has 0 aliphatic heterocycles. The summed E-state index contributed by atoms with van der Waals surface area (Å²) in [5.41, 5.74) is 2.11. The molecule has 0 saturated carbocycles. The monoisotopic (exact) mass is 321 g/mol. The van der Waals surface area contributed by atoms with Gasteiger partial charge in [-0.2, -0.15) is 8.78 Å². The van der Waals surface area contributed by atoms with Gasteiger partial charge in [0.2, 0.25) is 5.95 Å². The lowest BCUT2D eigenvalue weighted by molar-refractivity contribution is -0.0498. The number of nitrogens with one attached hydrogen (secondary N) is 1. The van der Waals surface area contributed by atoms with E-state index in [9.17, 15) is 13.2 Å². The van der Waals surface area contributed by atoms with E-state index in [1.165, 1.54) is 24.3 Å². The van der Waals surface area contributed by atoms with Gasteiger partial charge in [0.25, 0.3) is 0 Å². The molecule has 1 heterocycles. The molecule has 0 saturated heterocycles. The first-order valence-corrected chi connectivity index (χ1v) is 6.92. The average molecular weight is 321 g/mol. The topological polar surface area (TPSA) is 39.1 Å². The largest absolute Gasteiger partial charge is 0.435 e. The molecule has 0 spiro atoms. The Bertz CT molecular complexity index is 833. The van der Waals surface area contributed by atoms with Crippen molar-refractivity contribution in [3.63, 3.8) is 0 Å². The number of ether oxygens (including phenoxy) is 1. The molecule has 0 unspecified atom stereocenters. The molecule has 120 valence electrons. The van der Waals surface area contributed by atoms with Crippen LogP contribution in [0.25, 0.3) is 11.0 Å². The van der Waals surface area contributed by atoms with Crippen molar-refractivity contribution in [1.29, 1.82) is 0 Å². The summed E-state index contributed by atoms with van der Waals surface area (Å²) in [6.45, 7) is -2.48. The Kier molecular flexibility index (Phi) is 4.10. The summed E-state index contributed by atoms with van der Waals surface area (Å²) in [7, 11) is 1.77. The molecule has 0 aliphatic rings. The fourth-order valence-electron chi connectivity index (χ4n) is 2.33. The highest BCUT2D eigenvalue weighted by atomic mass is 19.3. The van der Waals surface area contributed by atoms with Gasteiger partial charge in [0.1, 0.15) is 11.6 Å². The fraction of sp³-hybridized carbons (Fsp3) is 0.188. The van der Waals surface area contributed by atoms with E-state index >= 15 is 0 Å². The van der Waals surface area contributed by atoms with Crippen molar-refractivity contribution < 1.29 is 17.9 Å². The van der Waals surface area contributed by atoms with Crippen molar-refractivity contribution in [3.05, 3.63) is 53.8 Å². The maximum absolute atomic E-state index is 13.3. The predicted octanol–water partition coefficient (Wildman–Crippen LogP) is 3.93. The van der Waals surface area contributed by atoms with Gasteiger partial charge >= 0.3 is 6.61 Å². The summed E-state index contributed by atoms with van der Waals surface area (Å²) in [6, 6.07) is 10.8. The molecule has 4 nitrogen and oxygen atoms in total. The molecule has 0 aliphatic carbocycles. The van der Waals surface area contributed by atoms with Gasteiger partial charge in [0, 0.05) is 13.6 Å². The van der Waals surface area contributed by atoms with E-state index in [1.807, 2.05) is 0 Å². The SMILES string of the molecule is Cn1c(NCc2cccc(OC(F)F)c2)nc2ccc(F)cc21. The lowest BCUT2D eigenvalue weighted by Gasteiger charge is -2.09. The Labute approximate surface area is 130 Å². The zero-order valence-corrected chi connectivity index (χ0v) is 12.3. The summed E-state index contributed by atoms with van der Waals surface area (Å²) < 4.78 is 43.8. The van der Waals surface area contributed by atoms with Crippen LogP contribution in [0.15, 0.2) is 42.5 Å². The van der Waals surface area contributed by atoms with Crippen LogP contribution in [-0.4, -0.2) is 16.2 Å². The van der Waals surface area contributed by atoms with Crippen molar-refractivity contribution in [1.82, 2.24) is 9.55 Å². The number of fused-ring (bicyclic) bond motifs is 1. The minimum Gasteiger partial charge on any atom is -0.435 e. The normalized spacial score (nSPS) is 11.2. The lowest BCUT2D eigenvalue weighted by atomic mass is 10.2. The molecular weight excluding hydrogens is 307 g/mol. The van der Waals surface area contributed by atoms with Crippen molar-refractivity contribution in [3.8, 4) is 5.75 Å². The summed E-state index contributed by atoms with van der Waals surface area (Å²) in [4.78, 5) is 4.37. The van der Waals surface area contributed by atoms with Gasteiger partial charge in [-0.25, -0.2) is 9.37 Å². The van der Waals surface area contributed by atoms with Crippen LogP contribution in [0.1, 0.15) is 5.56 Å². The third-order valence-electron chi connectivity index (χ3n) is 3.42. The maximum Gasteiger partial charge on any atom is 0.387 e. The number of benzene rings is 2. The number of aryl methyl sites for hydroxylation is 1. The maximum atomic E-state index is 13.3. The molecule has 3 rings (SSSR count). The molecule has 0 radical (unpaired) electrons. The standard InChI is InChI=1S/C16H14F3N3O/c1-22-14-8-11(17)5-6-13(14)21-16(22)20-9-10-3-2-4-12(7-10)23-15(18)19/h2-8,15H,9H2,1H3,(H,20,21). The summed E-state index contributed by atoms with van der Waals surface area (Å²) in [5.74, 6) is 0.334. The summed E-state index contributed by atoms with van der Waals surface area (Å²) in [5, 5.41) is 3.11. The first-order chi connectivity index (χ1) is 11.0. The zero-order chi connectivity index (χ0) is 16.4. The van der Waals surface area contributed by atoms with Crippen LogP contribution in [0.4, 0.5) is 19.1 Å². The quantitative estimate of drug-likeness (QED) is 0.774. The molecule has 0 amide bonds. The van der Waals surface area contributed by atoms with Crippen LogP contribution in [0.5, 0.6) is 5.75 Å². The van der Waals surface area contributed by atoms with Gasteiger partial charge in [0.15, 0.2) is 0 Å². The first kappa shape index (κ1) is 15.2. The minimum absolute atomic E-state index is 0.103. The highest BCUT2D eigenvalue weighted by molar-refractivity contribution is 5.78. The average Bonchev–Trinajstić information content (AvgIpc) is 2.81. The van der Waals surface area contributed by atoms with E-state index in [0.29, 0.717) is 23.5 Å². The van der Waals surface area contributed by atoms with Crippen LogP contribution < -0.4 is 10.1 Å². The smallest absolute Gasteiger partial charge is 0.387 e. The fourth-order valence-corrected chi connectivity index (χ4v) is 2.33. The van der Waals surface area contributed by atoms with Gasteiger partial charge in [-0.05, 0) is 35.9 Å². The summed E-state index contributed by atoms with van der Waals surface area (Å²) in [6.07, 6.45) is 0. The molecular formula is C16H14F3N3O. The Morgan fingerprint density at radius 2 is 2.04 bits per heavy atom. The number of aromatic nitrogens is 2. The molecule has 0 fully saturated rings. The molecule has 3 aromatic rings. The molecule has 2 aromatic carbocycles. The number of imidazole rings is 1.